The minimum Gasteiger partial charge on any atom is -0.289 e. The van der Waals surface area contributed by atoms with Crippen LogP contribution in [-0.2, 0) is 0 Å². The van der Waals surface area contributed by atoms with Gasteiger partial charge in [-0.2, -0.15) is 0 Å². The van der Waals surface area contributed by atoms with Gasteiger partial charge in [0.15, 0.2) is 0 Å². The number of thioether (sulfide) groups is 1. The SMILES string of the molecule is CC(C)Sc1ncccc1C1=NCCCC1. The van der Waals surface area contributed by atoms with E-state index in [9.17, 15) is 0 Å². The first-order chi connectivity index (χ1) is 7.77. The van der Waals surface area contributed by atoms with Gasteiger partial charge in [0.25, 0.3) is 0 Å². The van der Waals surface area contributed by atoms with E-state index < -0.39 is 0 Å². The maximum absolute atomic E-state index is 4.63. The summed E-state index contributed by atoms with van der Waals surface area (Å²) < 4.78 is 0. The third kappa shape index (κ3) is 2.85. The summed E-state index contributed by atoms with van der Waals surface area (Å²) in [6.45, 7) is 5.38. The van der Waals surface area contributed by atoms with Crippen molar-refractivity contribution in [2.45, 2.75) is 43.4 Å². The molecule has 0 aliphatic carbocycles. The number of aromatic nitrogens is 1. The summed E-state index contributed by atoms with van der Waals surface area (Å²) in [6, 6.07) is 4.17. The fourth-order valence-corrected chi connectivity index (χ4v) is 2.73. The Bertz CT molecular complexity index is 385. The van der Waals surface area contributed by atoms with E-state index in [1.165, 1.54) is 24.1 Å². The number of rotatable bonds is 3. The molecule has 2 heterocycles. The lowest BCUT2D eigenvalue weighted by Crippen LogP contribution is -2.10. The van der Waals surface area contributed by atoms with Gasteiger partial charge in [-0.3, -0.25) is 4.99 Å². The van der Waals surface area contributed by atoms with Gasteiger partial charge in [0.1, 0.15) is 5.03 Å². The van der Waals surface area contributed by atoms with Crippen molar-refractivity contribution in [3.63, 3.8) is 0 Å². The van der Waals surface area contributed by atoms with Crippen molar-refractivity contribution in [1.82, 2.24) is 4.98 Å². The minimum atomic E-state index is 0.567. The van der Waals surface area contributed by atoms with E-state index in [1.807, 2.05) is 24.0 Å². The van der Waals surface area contributed by atoms with Gasteiger partial charge < -0.3 is 0 Å². The highest BCUT2D eigenvalue weighted by Gasteiger charge is 2.13. The zero-order valence-electron chi connectivity index (χ0n) is 9.94. The van der Waals surface area contributed by atoms with Crippen molar-refractivity contribution < 1.29 is 0 Å². The average molecular weight is 234 g/mol. The molecule has 2 rings (SSSR count). The Morgan fingerprint density at radius 1 is 1.31 bits per heavy atom. The lowest BCUT2D eigenvalue weighted by atomic mass is 10.0. The van der Waals surface area contributed by atoms with Crippen molar-refractivity contribution in [3.05, 3.63) is 23.9 Å². The van der Waals surface area contributed by atoms with E-state index in [0.29, 0.717) is 5.25 Å². The van der Waals surface area contributed by atoms with Crippen molar-refractivity contribution in [2.24, 2.45) is 4.99 Å². The molecule has 1 aliphatic rings. The second-order valence-electron chi connectivity index (χ2n) is 4.31. The Kier molecular flexibility index (Phi) is 3.99. The normalized spacial score (nSPS) is 16.3. The third-order valence-electron chi connectivity index (χ3n) is 2.55. The number of hydrogen-bond acceptors (Lipinski definition) is 3. The molecule has 0 unspecified atom stereocenters. The van der Waals surface area contributed by atoms with Crippen LogP contribution in [0.5, 0.6) is 0 Å². The summed E-state index contributed by atoms with van der Waals surface area (Å²) in [4.78, 5) is 9.11. The zero-order valence-corrected chi connectivity index (χ0v) is 10.8. The largest absolute Gasteiger partial charge is 0.289 e. The van der Waals surface area contributed by atoms with Crippen LogP contribution in [0.15, 0.2) is 28.3 Å². The van der Waals surface area contributed by atoms with Crippen molar-refractivity contribution in [1.29, 1.82) is 0 Å². The lowest BCUT2D eigenvalue weighted by Gasteiger charge is -2.15. The Balaban J connectivity index is 2.28. The maximum atomic E-state index is 4.63. The van der Waals surface area contributed by atoms with Crippen LogP contribution >= 0.6 is 11.8 Å². The molecule has 0 aromatic carbocycles. The second-order valence-corrected chi connectivity index (χ2v) is 5.87. The van der Waals surface area contributed by atoms with E-state index in [4.69, 9.17) is 0 Å². The Morgan fingerprint density at radius 3 is 2.88 bits per heavy atom. The quantitative estimate of drug-likeness (QED) is 0.747. The van der Waals surface area contributed by atoms with E-state index in [1.54, 1.807) is 0 Å². The summed E-state index contributed by atoms with van der Waals surface area (Å²) in [5, 5.41) is 1.70. The Morgan fingerprint density at radius 2 is 2.19 bits per heavy atom. The van der Waals surface area contributed by atoms with E-state index in [2.05, 4.69) is 29.9 Å². The third-order valence-corrected chi connectivity index (χ3v) is 3.57. The highest BCUT2D eigenvalue weighted by molar-refractivity contribution is 7.99. The first kappa shape index (κ1) is 11.6. The highest BCUT2D eigenvalue weighted by Crippen LogP contribution is 2.26. The standard InChI is InChI=1S/C13H18N2S/c1-10(2)16-13-11(6-5-9-15-13)12-7-3-4-8-14-12/h5-6,9-10H,3-4,7-8H2,1-2H3. The van der Waals surface area contributed by atoms with Gasteiger partial charge in [0.05, 0.1) is 0 Å². The number of hydrogen-bond donors (Lipinski definition) is 0. The molecule has 1 aliphatic heterocycles. The maximum Gasteiger partial charge on any atom is 0.105 e. The minimum absolute atomic E-state index is 0.567. The van der Waals surface area contributed by atoms with E-state index >= 15 is 0 Å². The van der Waals surface area contributed by atoms with Crippen LogP contribution in [0.25, 0.3) is 0 Å². The molecule has 0 fully saturated rings. The summed E-state index contributed by atoms with van der Waals surface area (Å²) >= 11 is 1.83. The molecule has 3 heteroatoms. The van der Waals surface area contributed by atoms with Crippen LogP contribution in [0.2, 0.25) is 0 Å². The molecule has 2 nitrogen and oxygen atoms in total. The monoisotopic (exact) mass is 234 g/mol. The van der Waals surface area contributed by atoms with Crippen LogP contribution in [0.3, 0.4) is 0 Å². The van der Waals surface area contributed by atoms with Crippen LogP contribution in [-0.4, -0.2) is 22.5 Å². The molecule has 0 bridgehead atoms. The van der Waals surface area contributed by atoms with Crippen LogP contribution in [0.4, 0.5) is 0 Å². The average Bonchev–Trinajstić information content (AvgIpc) is 2.30. The molecule has 0 radical (unpaired) electrons. The molecule has 0 spiro atoms. The predicted molar refractivity (Wildman–Crippen MR) is 70.5 cm³/mol. The Labute approximate surface area is 102 Å². The molecule has 0 saturated heterocycles. The van der Waals surface area contributed by atoms with Crippen molar-refractivity contribution >= 4 is 17.5 Å². The summed E-state index contributed by atoms with van der Waals surface area (Å²) in [6.07, 6.45) is 5.48. The van der Waals surface area contributed by atoms with Crippen molar-refractivity contribution in [3.8, 4) is 0 Å². The molecule has 1 aromatic rings. The van der Waals surface area contributed by atoms with E-state index in [-0.39, 0.29) is 0 Å². The fourth-order valence-electron chi connectivity index (χ4n) is 1.84. The molecule has 1 aromatic heterocycles. The molecule has 0 saturated carbocycles. The molecule has 16 heavy (non-hydrogen) atoms. The van der Waals surface area contributed by atoms with Gasteiger partial charge in [0.2, 0.25) is 0 Å². The molecule has 0 amide bonds. The van der Waals surface area contributed by atoms with Gasteiger partial charge in [-0.15, -0.1) is 11.8 Å². The number of pyridine rings is 1. The molecular formula is C13H18N2S. The molecular weight excluding hydrogens is 216 g/mol. The number of aliphatic imine (C=N–C) groups is 1. The van der Waals surface area contributed by atoms with E-state index in [0.717, 1.165) is 18.0 Å². The topological polar surface area (TPSA) is 25.2 Å². The van der Waals surface area contributed by atoms with Gasteiger partial charge >= 0.3 is 0 Å². The van der Waals surface area contributed by atoms with Gasteiger partial charge in [0, 0.05) is 29.3 Å². The van der Waals surface area contributed by atoms with Gasteiger partial charge in [-0.05, 0) is 31.4 Å². The number of nitrogens with zero attached hydrogens (tertiary/aromatic N) is 2. The van der Waals surface area contributed by atoms with Crippen LogP contribution < -0.4 is 0 Å². The summed E-state index contributed by atoms with van der Waals surface area (Å²) in [5.41, 5.74) is 2.50. The fraction of sp³-hybridized carbons (Fsp3) is 0.538. The van der Waals surface area contributed by atoms with Crippen molar-refractivity contribution in [2.75, 3.05) is 6.54 Å². The Hall–Kier alpha value is -0.830. The van der Waals surface area contributed by atoms with Crippen LogP contribution in [0.1, 0.15) is 38.7 Å². The predicted octanol–water partition coefficient (Wildman–Crippen LogP) is 3.56. The molecule has 0 N–H and O–H groups in total. The van der Waals surface area contributed by atoms with Gasteiger partial charge in [-0.1, -0.05) is 13.8 Å². The molecule has 0 atom stereocenters. The molecule has 86 valence electrons. The summed E-state index contributed by atoms with van der Waals surface area (Å²) in [5.74, 6) is 0. The van der Waals surface area contributed by atoms with Gasteiger partial charge in [-0.25, -0.2) is 4.98 Å². The highest BCUT2D eigenvalue weighted by atomic mass is 32.2. The first-order valence-electron chi connectivity index (χ1n) is 5.93. The second kappa shape index (κ2) is 5.48. The van der Waals surface area contributed by atoms with Crippen LogP contribution in [0, 0.1) is 0 Å². The zero-order chi connectivity index (χ0) is 11.4. The summed E-state index contributed by atoms with van der Waals surface area (Å²) in [7, 11) is 0. The lowest BCUT2D eigenvalue weighted by molar-refractivity contribution is 0.737. The first-order valence-corrected chi connectivity index (χ1v) is 6.80. The smallest absolute Gasteiger partial charge is 0.105 e.